The zero-order chi connectivity index (χ0) is 13.4. The van der Waals surface area contributed by atoms with E-state index in [1.807, 2.05) is 26.0 Å². The number of hydrogen-bond acceptors (Lipinski definition) is 3. The van der Waals surface area contributed by atoms with Gasteiger partial charge in [-0.2, -0.15) is 0 Å². The lowest BCUT2D eigenvalue weighted by atomic mass is 9.99. The second-order valence-corrected chi connectivity index (χ2v) is 4.69. The summed E-state index contributed by atoms with van der Waals surface area (Å²) in [6.45, 7) is 5.41. The van der Waals surface area contributed by atoms with Crippen LogP contribution in [0.15, 0.2) is 12.1 Å². The number of carboxylic acids is 1. The highest BCUT2D eigenvalue weighted by atomic mass is 16.4. The highest BCUT2D eigenvalue weighted by molar-refractivity contribution is 6.03. The molecule has 2 unspecified atom stereocenters. The third kappa shape index (κ3) is 2.09. The van der Waals surface area contributed by atoms with Gasteiger partial charge in [0.05, 0.1) is 0 Å². The fraction of sp³-hybridized carbons (Fsp3) is 0.385. The molecule has 1 amide bonds. The summed E-state index contributed by atoms with van der Waals surface area (Å²) in [5.74, 6) is -1.17. The van der Waals surface area contributed by atoms with Crippen LogP contribution in [0, 0.1) is 13.8 Å². The van der Waals surface area contributed by atoms with Gasteiger partial charge in [0.15, 0.2) is 0 Å². The van der Waals surface area contributed by atoms with Crippen LogP contribution in [0.1, 0.15) is 29.7 Å². The fourth-order valence-electron chi connectivity index (χ4n) is 2.28. The largest absolute Gasteiger partial charge is 0.480 e. The van der Waals surface area contributed by atoms with Crippen molar-refractivity contribution >= 4 is 17.6 Å². The summed E-state index contributed by atoms with van der Waals surface area (Å²) in [7, 11) is 0. The molecule has 0 aliphatic carbocycles. The minimum Gasteiger partial charge on any atom is -0.480 e. The van der Waals surface area contributed by atoms with Gasteiger partial charge in [-0.25, -0.2) is 0 Å². The molecule has 0 bridgehead atoms. The highest BCUT2D eigenvalue weighted by Gasteiger charge is 2.33. The number of carboxylic acid groups (broad SMARTS) is 1. The molecule has 2 atom stereocenters. The Bertz CT molecular complexity index is 525. The smallest absolute Gasteiger partial charge is 0.320 e. The lowest BCUT2D eigenvalue weighted by Gasteiger charge is -2.16. The van der Waals surface area contributed by atoms with Crippen molar-refractivity contribution in [2.75, 3.05) is 5.32 Å². The van der Waals surface area contributed by atoms with Crippen LogP contribution in [0.25, 0.3) is 0 Å². The van der Waals surface area contributed by atoms with Gasteiger partial charge in [0.1, 0.15) is 12.1 Å². The maximum Gasteiger partial charge on any atom is 0.320 e. The Hall–Kier alpha value is -1.88. The van der Waals surface area contributed by atoms with Gasteiger partial charge in [0.2, 0.25) is 5.91 Å². The number of nitrogens with one attached hydrogen (secondary N) is 2. The number of carbonyl (C=O) groups excluding carboxylic acids is 1. The molecule has 0 saturated carbocycles. The monoisotopic (exact) mass is 248 g/mol. The summed E-state index contributed by atoms with van der Waals surface area (Å²) in [5, 5.41) is 14.5. The fourth-order valence-corrected chi connectivity index (χ4v) is 2.28. The van der Waals surface area contributed by atoms with Gasteiger partial charge in [0, 0.05) is 11.3 Å². The average Bonchev–Trinajstić information content (AvgIpc) is 2.54. The van der Waals surface area contributed by atoms with Crippen LogP contribution in [0.2, 0.25) is 0 Å². The van der Waals surface area contributed by atoms with E-state index in [-0.39, 0.29) is 5.91 Å². The molecule has 1 aromatic carbocycles. The summed E-state index contributed by atoms with van der Waals surface area (Å²) >= 11 is 0. The van der Waals surface area contributed by atoms with Crippen molar-refractivity contribution in [2.24, 2.45) is 0 Å². The molecule has 1 aliphatic heterocycles. The molecule has 0 spiro atoms. The minimum atomic E-state index is -0.971. The number of carbonyl (C=O) groups is 2. The molecule has 0 radical (unpaired) electrons. The Balaban J connectivity index is 2.36. The SMILES string of the molecule is Cc1cc(C)c2c(c1)NC(=O)C2NC(C)C(=O)O. The molecule has 1 heterocycles. The molecule has 0 aromatic heterocycles. The van der Waals surface area contributed by atoms with Crippen LogP contribution in [0.3, 0.4) is 0 Å². The van der Waals surface area contributed by atoms with Crippen molar-refractivity contribution in [1.29, 1.82) is 0 Å². The number of rotatable bonds is 3. The first-order valence-electron chi connectivity index (χ1n) is 5.81. The Morgan fingerprint density at radius 3 is 2.72 bits per heavy atom. The van der Waals surface area contributed by atoms with Crippen molar-refractivity contribution in [3.63, 3.8) is 0 Å². The standard InChI is InChI=1S/C13H16N2O3/c1-6-4-7(2)10-9(5-6)15-12(16)11(10)14-8(3)13(17)18/h4-5,8,11,14H,1-3H3,(H,15,16)(H,17,18). The van der Waals surface area contributed by atoms with E-state index in [1.54, 1.807) is 0 Å². The molecule has 0 fully saturated rings. The molecule has 96 valence electrons. The van der Waals surface area contributed by atoms with Gasteiger partial charge in [-0.15, -0.1) is 0 Å². The van der Waals surface area contributed by atoms with Crippen LogP contribution in [-0.2, 0) is 9.59 Å². The first kappa shape index (κ1) is 12.6. The van der Waals surface area contributed by atoms with E-state index in [0.717, 1.165) is 22.4 Å². The third-order valence-electron chi connectivity index (χ3n) is 3.13. The second-order valence-electron chi connectivity index (χ2n) is 4.69. The first-order valence-corrected chi connectivity index (χ1v) is 5.81. The van der Waals surface area contributed by atoms with Crippen LogP contribution in [-0.4, -0.2) is 23.0 Å². The molecular formula is C13H16N2O3. The molecule has 5 heteroatoms. The average molecular weight is 248 g/mol. The topological polar surface area (TPSA) is 78.4 Å². The first-order chi connectivity index (χ1) is 8.40. The molecule has 2 rings (SSSR count). The van der Waals surface area contributed by atoms with E-state index in [4.69, 9.17) is 5.11 Å². The van der Waals surface area contributed by atoms with Gasteiger partial charge in [-0.3, -0.25) is 14.9 Å². The van der Waals surface area contributed by atoms with Crippen LogP contribution >= 0.6 is 0 Å². The van der Waals surface area contributed by atoms with Gasteiger partial charge in [0.25, 0.3) is 0 Å². The van der Waals surface area contributed by atoms with Crippen molar-refractivity contribution in [1.82, 2.24) is 5.32 Å². The normalized spacial score (nSPS) is 19.3. The summed E-state index contributed by atoms with van der Waals surface area (Å²) in [4.78, 5) is 22.7. The summed E-state index contributed by atoms with van der Waals surface area (Å²) in [6, 6.07) is 2.52. The summed E-state index contributed by atoms with van der Waals surface area (Å²) in [6.07, 6.45) is 0. The molecule has 5 nitrogen and oxygen atoms in total. The molecular weight excluding hydrogens is 232 g/mol. The summed E-state index contributed by atoms with van der Waals surface area (Å²) < 4.78 is 0. The maximum absolute atomic E-state index is 11.9. The van der Waals surface area contributed by atoms with Gasteiger partial charge >= 0.3 is 5.97 Å². The number of aryl methyl sites for hydroxylation is 2. The van der Waals surface area contributed by atoms with Crippen molar-refractivity contribution in [2.45, 2.75) is 32.9 Å². The number of aliphatic carboxylic acids is 1. The van der Waals surface area contributed by atoms with Gasteiger partial charge < -0.3 is 10.4 Å². The quantitative estimate of drug-likeness (QED) is 0.754. The highest BCUT2D eigenvalue weighted by Crippen LogP contribution is 2.34. The van der Waals surface area contributed by atoms with Crippen LogP contribution in [0.5, 0.6) is 0 Å². The van der Waals surface area contributed by atoms with E-state index in [0.29, 0.717) is 0 Å². The predicted molar refractivity (Wildman–Crippen MR) is 67.5 cm³/mol. The van der Waals surface area contributed by atoms with Gasteiger partial charge in [-0.1, -0.05) is 6.07 Å². The number of anilines is 1. The lowest BCUT2D eigenvalue weighted by Crippen LogP contribution is -2.39. The van der Waals surface area contributed by atoms with Gasteiger partial charge in [-0.05, 0) is 38.0 Å². The minimum absolute atomic E-state index is 0.202. The lowest BCUT2D eigenvalue weighted by molar-refractivity contribution is -0.139. The molecule has 0 saturated heterocycles. The van der Waals surface area contributed by atoms with E-state index in [1.165, 1.54) is 6.92 Å². The van der Waals surface area contributed by atoms with Crippen molar-refractivity contribution < 1.29 is 14.7 Å². The number of benzene rings is 1. The Morgan fingerprint density at radius 2 is 2.11 bits per heavy atom. The van der Waals surface area contributed by atoms with Crippen LogP contribution < -0.4 is 10.6 Å². The maximum atomic E-state index is 11.9. The van der Waals surface area contributed by atoms with E-state index in [9.17, 15) is 9.59 Å². The Morgan fingerprint density at radius 1 is 1.44 bits per heavy atom. The zero-order valence-electron chi connectivity index (χ0n) is 10.6. The van der Waals surface area contributed by atoms with Crippen molar-refractivity contribution in [3.05, 3.63) is 28.8 Å². The third-order valence-corrected chi connectivity index (χ3v) is 3.13. The van der Waals surface area contributed by atoms with Crippen molar-refractivity contribution in [3.8, 4) is 0 Å². The molecule has 1 aromatic rings. The van der Waals surface area contributed by atoms with Crippen LogP contribution in [0.4, 0.5) is 5.69 Å². The summed E-state index contributed by atoms with van der Waals surface area (Å²) in [5.41, 5.74) is 3.67. The molecule has 1 aliphatic rings. The van der Waals surface area contributed by atoms with E-state index in [2.05, 4.69) is 10.6 Å². The second kappa shape index (κ2) is 4.42. The zero-order valence-corrected chi connectivity index (χ0v) is 10.6. The molecule has 18 heavy (non-hydrogen) atoms. The number of hydrogen-bond donors (Lipinski definition) is 3. The Kier molecular flexibility index (Phi) is 3.09. The Labute approximate surface area is 105 Å². The van der Waals surface area contributed by atoms with E-state index < -0.39 is 18.1 Å². The van der Waals surface area contributed by atoms with E-state index >= 15 is 0 Å². The predicted octanol–water partition coefficient (Wildman–Crippen LogP) is 1.36. The number of fused-ring (bicyclic) bond motifs is 1. The number of amides is 1. The molecule has 3 N–H and O–H groups in total.